The van der Waals surface area contributed by atoms with Crippen molar-refractivity contribution in [2.24, 2.45) is 5.84 Å². The van der Waals surface area contributed by atoms with Crippen molar-refractivity contribution >= 4 is 43.5 Å². The lowest BCUT2D eigenvalue weighted by Gasteiger charge is -2.19. The highest BCUT2D eigenvalue weighted by atomic mass is 79.9. The number of benzene rings is 2. The first-order valence-electron chi connectivity index (χ1n) is 5.28. The highest BCUT2D eigenvalue weighted by Gasteiger charge is 2.15. The van der Waals surface area contributed by atoms with Gasteiger partial charge < -0.3 is 0 Å². The lowest BCUT2D eigenvalue weighted by Crippen LogP contribution is -2.29. The van der Waals surface area contributed by atoms with Gasteiger partial charge in [-0.2, -0.15) is 0 Å². The fourth-order valence-electron chi connectivity index (χ4n) is 1.79. The minimum absolute atomic E-state index is 0.115. The molecule has 0 aromatic heterocycles. The van der Waals surface area contributed by atoms with Crippen LogP contribution in [-0.2, 0) is 0 Å². The van der Waals surface area contributed by atoms with E-state index >= 15 is 0 Å². The second kappa shape index (κ2) is 6.17. The van der Waals surface area contributed by atoms with Gasteiger partial charge in [0.2, 0.25) is 0 Å². The first kappa shape index (κ1) is 14.0. The summed E-state index contributed by atoms with van der Waals surface area (Å²) in [6.45, 7) is 0. The molecule has 0 aliphatic carbocycles. The minimum Gasteiger partial charge on any atom is -0.271 e. The Morgan fingerprint density at radius 3 is 2.56 bits per heavy atom. The molecule has 1 atom stereocenters. The number of hydrogen-bond donors (Lipinski definition) is 2. The molecule has 0 aliphatic rings. The maximum absolute atomic E-state index is 6.01. The van der Waals surface area contributed by atoms with E-state index in [-0.39, 0.29) is 6.04 Å². The molecule has 0 fully saturated rings. The summed E-state index contributed by atoms with van der Waals surface area (Å²) in [4.78, 5) is 0. The fraction of sp³-hybridized carbons (Fsp3) is 0.0769. The summed E-state index contributed by atoms with van der Waals surface area (Å²) in [5.74, 6) is 5.68. The molecule has 18 heavy (non-hydrogen) atoms. The van der Waals surface area contributed by atoms with Crippen molar-refractivity contribution in [1.29, 1.82) is 0 Å². The summed E-state index contributed by atoms with van der Waals surface area (Å²) in [5.41, 5.74) is 4.89. The van der Waals surface area contributed by atoms with Gasteiger partial charge in [0.25, 0.3) is 0 Å². The van der Waals surface area contributed by atoms with Crippen molar-refractivity contribution in [2.75, 3.05) is 0 Å². The molecular weight excluding hydrogens is 379 g/mol. The Labute approximate surface area is 128 Å². The summed E-state index contributed by atoms with van der Waals surface area (Å²) in [6.07, 6.45) is 0. The number of rotatable bonds is 3. The number of nitrogens with two attached hydrogens (primary N) is 1. The molecule has 0 bridgehead atoms. The topological polar surface area (TPSA) is 38.0 Å². The van der Waals surface area contributed by atoms with Crippen molar-refractivity contribution < 1.29 is 0 Å². The van der Waals surface area contributed by atoms with Crippen LogP contribution < -0.4 is 11.3 Å². The summed E-state index contributed by atoms with van der Waals surface area (Å²) in [6, 6.07) is 13.5. The van der Waals surface area contributed by atoms with E-state index in [2.05, 4.69) is 37.3 Å². The first-order chi connectivity index (χ1) is 8.61. The lowest BCUT2D eigenvalue weighted by atomic mass is 9.99. The van der Waals surface area contributed by atoms with E-state index in [0.29, 0.717) is 5.02 Å². The average Bonchev–Trinajstić information content (AvgIpc) is 2.35. The third kappa shape index (κ3) is 3.13. The van der Waals surface area contributed by atoms with Crippen molar-refractivity contribution in [3.05, 3.63) is 67.6 Å². The second-order valence-electron chi connectivity index (χ2n) is 3.82. The summed E-state index contributed by atoms with van der Waals surface area (Å²) in [5, 5.41) is 0.693. The van der Waals surface area contributed by atoms with Gasteiger partial charge in [-0.3, -0.25) is 5.84 Å². The average molecular weight is 391 g/mol. The minimum atomic E-state index is -0.115. The molecule has 0 heterocycles. The summed E-state index contributed by atoms with van der Waals surface area (Å²) < 4.78 is 2.00. The van der Waals surface area contributed by atoms with Crippen LogP contribution in [0.15, 0.2) is 51.4 Å². The Balaban J connectivity index is 2.48. The zero-order chi connectivity index (χ0) is 13.1. The maximum Gasteiger partial charge on any atom is 0.0721 e. The van der Waals surface area contributed by atoms with Gasteiger partial charge in [0.05, 0.1) is 6.04 Å². The number of nitrogens with one attached hydrogen (secondary N) is 1. The van der Waals surface area contributed by atoms with E-state index in [1.165, 1.54) is 0 Å². The first-order valence-corrected chi connectivity index (χ1v) is 7.25. The van der Waals surface area contributed by atoms with E-state index in [1.807, 2.05) is 42.5 Å². The second-order valence-corrected chi connectivity index (χ2v) is 6.03. The predicted molar refractivity (Wildman–Crippen MR) is 82.5 cm³/mol. The van der Waals surface area contributed by atoms with Crippen molar-refractivity contribution in [3.8, 4) is 0 Å². The smallest absolute Gasteiger partial charge is 0.0721 e. The standard InChI is InChI=1S/C13H11Br2ClN2/c14-9-4-5-12(15)11(7-9)13(18-17)8-2-1-3-10(16)6-8/h1-7,13,18H,17H2. The molecule has 0 aliphatic heterocycles. The molecule has 1 unspecified atom stereocenters. The van der Waals surface area contributed by atoms with Gasteiger partial charge in [-0.15, -0.1) is 0 Å². The van der Waals surface area contributed by atoms with Crippen LogP contribution in [0.1, 0.15) is 17.2 Å². The monoisotopic (exact) mass is 388 g/mol. The van der Waals surface area contributed by atoms with E-state index in [9.17, 15) is 0 Å². The largest absolute Gasteiger partial charge is 0.271 e. The third-order valence-electron chi connectivity index (χ3n) is 2.62. The number of halogens is 3. The third-order valence-corrected chi connectivity index (χ3v) is 4.07. The van der Waals surface area contributed by atoms with E-state index < -0.39 is 0 Å². The van der Waals surface area contributed by atoms with Gasteiger partial charge in [-0.05, 0) is 41.5 Å². The summed E-state index contributed by atoms with van der Waals surface area (Å²) in [7, 11) is 0. The van der Waals surface area contributed by atoms with Gasteiger partial charge >= 0.3 is 0 Å². The zero-order valence-electron chi connectivity index (χ0n) is 9.33. The zero-order valence-corrected chi connectivity index (χ0v) is 13.3. The Morgan fingerprint density at radius 1 is 1.11 bits per heavy atom. The predicted octanol–water partition coefficient (Wildman–Crippen LogP) is 4.42. The van der Waals surface area contributed by atoms with Gasteiger partial charge in [0, 0.05) is 14.0 Å². The SMILES string of the molecule is NNC(c1cccc(Cl)c1)c1cc(Br)ccc1Br. The Kier molecular flexibility index (Phi) is 4.81. The van der Waals surface area contributed by atoms with E-state index in [4.69, 9.17) is 17.4 Å². The molecule has 2 aromatic carbocycles. The van der Waals surface area contributed by atoms with Gasteiger partial charge in [-0.25, -0.2) is 5.43 Å². The Hall–Kier alpha value is -0.390. The molecule has 2 aromatic rings. The Bertz CT molecular complexity index is 560. The van der Waals surface area contributed by atoms with Crippen molar-refractivity contribution in [1.82, 2.24) is 5.43 Å². The molecule has 0 saturated heterocycles. The van der Waals surface area contributed by atoms with Crippen molar-refractivity contribution in [3.63, 3.8) is 0 Å². The molecule has 3 N–H and O–H groups in total. The highest BCUT2D eigenvalue weighted by molar-refractivity contribution is 9.11. The van der Waals surface area contributed by atoms with Gasteiger partial charge in [0.1, 0.15) is 0 Å². The van der Waals surface area contributed by atoms with Crippen LogP contribution in [0.2, 0.25) is 5.02 Å². The van der Waals surface area contributed by atoms with E-state index in [1.54, 1.807) is 0 Å². The molecule has 5 heteroatoms. The van der Waals surface area contributed by atoms with Gasteiger partial charge in [-0.1, -0.05) is 55.6 Å². The van der Waals surface area contributed by atoms with Crippen LogP contribution in [-0.4, -0.2) is 0 Å². The van der Waals surface area contributed by atoms with Crippen LogP contribution >= 0.6 is 43.5 Å². The summed E-state index contributed by atoms with van der Waals surface area (Å²) >= 11 is 13.0. The Morgan fingerprint density at radius 2 is 1.89 bits per heavy atom. The van der Waals surface area contributed by atoms with Gasteiger partial charge in [0.15, 0.2) is 0 Å². The van der Waals surface area contributed by atoms with E-state index in [0.717, 1.165) is 20.1 Å². The molecule has 2 rings (SSSR count). The van der Waals surface area contributed by atoms with Crippen molar-refractivity contribution in [2.45, 2.75) is 6.04 Å². The fourth-order valence-corrected chi connectivity index (χ4v) is 2.84. The van der Waals surface area contributed by atoms with Crippen LogP contribution in [0.5, 0.6) is 0 Å². The van der Waals surface area contributed by atoms with Crippen LogP contribution in [0.4, 0.5) is 0 Å². The highest BCUT2D eigenvalue weighted by Crippen LogP contribution is 2.31. The van der Waals surface area contributed by atoms with Crippen LogP contribution in [0, 0.1) is 0 Å². The molecule has 0 saturated carbocycles. The maximum atomic E-state index is 6.01. The molecule has 0 radical (unpaired) electrons. The number of hydrogen-bond acceptors (Lipinski definition) is 2. The molecule has 0 spiro atoms. The molecule has 2 nitrogen and oxygen atoms in total. The molecular formula is C13H11Br2ClN2. The normalized spacial score (nSPS) is 12.4. The number of hydrazine groups is 1. The quantitative estimate of drug-likeness (QED) is 0.602. The molecule has 0 amide bonds. The lowest BCUT2D eigenvalue weighted by molar-refractivity contribution is 0.634. The molecule has 94 valence electrons. The van der Waals surface area contributed by atoms with Crippen LogP contribution in [0.3, 0.4) is 0 Å². The van der Waals surface area contributed by atoms with Crippen LogP contribution in [0.25, 0.3) is 0 Å².